The smallest absolute Gasteiger partial charge is 0.297 e. The zero-order valence-electron chi connectivity index (χ0n) is 7.90. The Morgan fingerprint density at radius 1 is 1.47 bits per heavy atom. The zero-order chi connectivity index (χ0) is 11.3. The Labute approximate surface area is 91.3 Å². The molecule has 0 saturated carbocycles. The van der Waals surface area contributed by atoms with Crippen molar-refractivity contribution in [3.05, 3.63) is 34.9 Å². The minimum absolute atomic E-state index is 0.0309. The van der Waals surface area contributed by atoms with Gasteiger partial charge < -0.3 is 4.84 Å². The van der Waals surface area contributed by atoms with Gasteiger partial charge in [-0.05, 0) is 12.1 Å². The predicted molar refractivity (Wildman–Crippen MR) is 54.9 cm³/mol. The van der Waals surface area contributed by atoms with Crippen molar-refractivity contribution in [1.82, 2.24) is 5.48 Å². The van der Waals surface area contributed by atoms with E-state index in [1.807, 2.05) is 0 Å². The molecule has 2 N–H and O–H groups in total. The van der Waals surface area contributed by atoms with Gasteiger partial charge in [0.1, 0.15) is 7.11 Å². The fraction of sp³-hybridized carbons (Fsp3) is 0.111. The van der Waals surface area contributed by atoms with Crippen molar-refractivity contribution in [3.63, 3.8) is 0 Å². The molecular weight excluding hydrogens is 220 g/mol. The summed E-state index contributed by atoms with van der Waals surface area (Å²) in [5.41, 5.74) is 1.94. The minimum Gasteiger partial charge on any atom is -0.398 e. The standard InChI is InChI=1S/C9H9ClN2O3/c1-15-12-8(9(13)11-14)6-2-4-7(10)5-3-6/h2-5,14H,1H3,(H,11,13). The van der Waals surface area contributed by atoms with Crippen LogP contribution in [0.25, 0.3) is 0 Å². The largest absolute Gasteiger partial charge is 0.398 e. The molecule has 15 heavy (non-hydrogen) atoms. The number of oxime groups is 1. The maximum atomic E-state index is 11.2. The maximum absolute atomic E-state index is 11.2. The summed E-state index contributed by atoms with van der Waals surface area (Å²) in [5, 5.41) is 12.5. The molecule has 0 radical (unpaired) electrons. The zero-order valence-corrected chi connectivity index (χ0v) is 8.65. The molecule has 0 heterocycles. The molecule has 0 aliphatic heterocycles. The van der Waals surface area contributed by atoms with Crippen molar-refractivity contribution in [1.29, 1.82) is 0 Å². The number of nitrogens with zero attached hydrogens (tertiary/aromatic N) is 1. The van der Waals surface area contributed by atoms with Gasteiger partial charge in [0.15, 0.2) is 5.71 Å². The third-order valence-electron chi connectivity index (χ3n) is 1.62. The van der Waals surface area contributed by atoms with E-state index in [2.05, 4.69) is 9.99 Å². The van der Waals surface area contributed by atoms with E-state index in [0.29, 0.717) is 10.6 Å². The van der Waals surface area contributed by atoms with E-state index in [0.717, 1.165) is 0 Å². The van der Waals surface area contributed by atoms with E-state index in [4.69, 9.17) is 16.8 Å². The first kappa shape index (κ1) is 11.5. The molecule has 1 aromatic carbocycles. The van der Waals surface area contributed by atoms with E-state index >= 15 is 0 Å². The average Bonchev–Trinajstić information content (AvgIpc) is 2.26. The highest BCUT2D eigenvalue weighted by molar-refractivity contribution is 6.45. The summed E-state index contributed by atoms with van der Waals surface area (Å²) in [6, 6.07) is 6.39. The van der Waals surface area contributed by atoms with Crippen LogP contribution >= 0.6 is 11.6 Å². The molecule has 0 fully saturated rings. The molecule has 0 unspecified atom stereocenters. The van der Waals surface area contributed by atoms with Crippen LogP contribution in [0.1, 0.15) is 5.56 Å². The van der Waals surface area contributed by atoms with E-state index < -0.39 is 5.91 Å². The molecule has 0 atom stereocenters. The highest BCUT2D eigenvalue weighted by Crippen LogP contribution is 2.10. The van der Waals surface area contributed by atoms with Crippen LogP contribution in [-0.4, -0.2) is 23.9 Å². The molecule has 1 aromatic rings. The molecule has 0 aliphatic rings. The number of hydrogen-bond donors (Lipinski definition) is 2. The van der Waals surface area contributed by atoms with Gasteiger partial charge in [0.05, 0.1) is 0 Å². The molecule has 6 heteroatoms. The number of nitrogens with one attached hydrogen (secondary N) is 1. The highest BCUT2D eigenvalue weighted by atomic mass is 35.5. The average molecular weight is 229 g/mol. The van der Waals surface area contributed by atoms with Gasteiger partial charge in [-0.15, -0.1) is 0 Å². The molecule has 80 valence electrons. The summed E-state index contributed by atoms with van der Waals surface area (Å²) in [4.78, 5) is 15.7. The molecule has 0 aliphatic carbocycles. The summed E-state index contributed by atoms with van der Waals surface area (Å²) in [7, 11) is 1.31. The quantitative estimate of drug-likeness (QED) is 0.464. The predicted octanol–water partition coefficient (Wildman–Crippen LogP) is 1.20. The molecular formula is C9H9ClN2O3. The van der Waals surface area contributed by atoms with Crippen LogP contribution in [0.15, 0.2) is 29.4 Å². The van der Waals surface area contributed by atoms with Gasteiger partial charge in [0, 0.05) is 10.6 Å². The SMILES string of the molecule is CON=C(C(=O)NO)c1ccc(Cl)cc1. The molecule has 0 spiro atoms. The molecule has 0 bridgehead atoms. The highest BCUT2D eigenvalue weighted by Gasteiger charge is 2.13. The van der Waals surface area contributed by atoms with Crippen molar-refractivity contribution in [2.24, 2.45) is 5.16 Å². The van der Waals surface area contributed by atoms with Crippen LogP contribution < -0.4 is 5.48 Å². The number of amides is 1. The molecule has 1 rings (SSSR count). The Hall–Kier alpha value is -1.59. The number of hydrogen-bond acceptors (Lipinski definition) is 4. The first-order valence-electron chi connectivity index (χ1n) is 4.00. The van der Waals surface area contributed by atoms with Crippen LogP contribution in [0, 0.1) is 0 Å². The second kappa shape index (κ2) is 5.33. The third-order valence-corrected chi connectivity index (χ3v) is 1.87. The van der Waals surface area contributed by atoms with Crippen LogP contribution in [0.3, 0.4) is 0 Å². The summed E-state index contributed by atoms with van der Waals surface area (Å²) in [5.74, 6) is -0.751. The summed E-state index contributed by atoms with van der Waals surface area (Å²) in [6.45, 7) is 0. The van der Waals surface area contributed by atoms with E-state index in [1.165, 1.54) is 12.6 Å². The van der Waals surface area contributed by atoms with Crippen LogP contribution in [-0.2, 0) is 9.63 Å². The lowest BCUT2D eigenvalue weighted by Crippen LogP contribution is -2.29. The van der Waals surface area contributed by atoms with Crippen molar-refractivity contribution in [2.75, 3.05) is 7.11 Å². The number of halogens is 1. The number of benzene rings is 1. The number of rotatable bonds is 3. The van der Waals surface area contributed by atoms with E-state index in [1.54, 1.807) is 24.3 Å². The maximum Gasteiger partial charge on any atom is 0.297 e. The van der Waals surface area contributed by atoms with Crippen molar-refractivity contribution in [2.45, 2.75) is 0 Å². The topological polar surface area (TPSA) is 70.9 Å². The fourth-order valence-electron chi connectivity index (χ4n) is 0.977. The van der Waals surface area contributed by atoms with Gasteiger partial charge in [-0.2, -0.15) is 0 Å². The van der Waals surface area contributed by atoms with Gasteiger partial charge in [-0.1, -0.05) is 28.9 Å². The van der Waals surface area contributed by atoms with Crippen molar-refractivity contribution in [3.8, 4) is 0 Å². The van der Waals surface area contributed by atoms with Crippen LogP contribution in [0.4, 0.5) is 0 Å². The summed E-state index contributed by atoms with van der Waals surface area (Å²) >= 11 is 5.69. The molecule has 0 saturated heterocycles. The lowest BCUT2D eigenvalue weighted by molar-refractivity contribution is -0.122. The lowest BCUT2D eigenvalue weighted by Gasteiger charge is -2.03. The summed E-state index contributed by atoms with van der Waals surface area (Å²) in [6.07, 6.45) is 0. The van der Waals surface area contributed by atoms with Gasteiger partial charge in [-0.3, -0.25) is 10.0 Å². The van der Waals surface area contributed by atoms with Gasteiger partial charge >= 0.3 is 0 Å². The monoisotopic (exact) mass is 228 g/mol. The second-order valence-corrected chi connectivity index (χ2v) is 3.01. The number of carbonyl (C=O) groups is 1. The normalized spacial score (nSPS) is 11.0. The van der Waals surface area contributed by atoms with Gasteiger partial charge in [-0.25, -0.2) is 5.48 Å². The van der Waals surface area contributed by atoms with E-state index in [-0.39, 0.29) is 5.71 Å². The van der Waals surface area contributed by atoms with Crippen molar-refractivity contribution >= 4 is 23.2 Å². The van der Waals surface area contributed by atoms with Crippen LogP contribution in [0.5, 0.6) is 0 Å². The Balaban J connectivity index is 3.05. The van der Waals surface area contributed by atoms with Crippen molar-refractivity contribution < 1.29 is 14.8 Å². The van der Waals surface area contributed by atoms with Gasteiger partial charge in [0.25, 0.3) is 5.91 Å². The number of carbonyl (C=O) groups excluding carboxylic acids is 1. The Kier molecular flexibility index (Phi) is 4.08. The Morgan fingerprint density at radius 2 is 2.07 bits per heavy atom. The Morgan fingerprint density at radius 3 is 2.53 bits per heavy atom. The lowest BCUT2D eigenvalue weighted by atomic mass is 10.1. The molecule has 5 nitrogen and oxygen atoms in total. The fourth-order valence-corrected chi connectivity index (χ4v) is 1.10. The Bertz CT molecular complexity index is 375. The molecule has 0 aromatic heterocycles. The first-order valence-corrected chi connectivity index (χ1v) is 4.38. The third kappa shape index (κ3) is 2.93. The minimum atomic E-state index is -0.751. The van der Waals surface area contributed by atoms with Crippen LogP contribution in [0.2, 0.25) is 5.02 Å². The van der Waals surface area contributed by atoms with E-state index in [9.17, 15) is 4.79 Å². The second-order valence-electron chi connectivity index (χ2n) is 2.57. The summed E-state index contributed by atoms with van der Waals surface area (Å²) < 4.78 is 0. The molecule has 1 amide bonds. The van der Waals surface area contributed by atoms with Gasteiger partial charge in [0.2, 0.25) is 0 Å². The number of hydroxylamine groups is 1. The first-order chi connectivity index (χ1) is 7.19.